The van der Waals surface area contributed by atoms with Gasteiger partial charge in [-0.2, -0.15) is 0 Å². The quantitative estimate of drug-likeness (QED) is 0.167. The lowest BCUT2D eigenvalue weighted by molar-refractivity contribution is 0.465. The third-order valence-corrected chi connectivity index (χ3v) is 18.0. The zero-order valence-corrected chi connectivity index (χ0v) is 33.0. The molecule has 0 amide bonds. The number of hydrogen-bond acceptors (Lipinski definition) is 3. The number of nitrogens with zero attached hydrogens (tertiary/aromatic N) is 1. The van der Waals surface area contributed by atoms with E-state index in [-0.39, 0.29) is 6.71 Å². The summed E-state index contributed by atoms with van der Waals surface area (Å²) in [5.41, 5.74) is 14.5. The molecule has 0 aliphatic carbocycles. The van der Waals surface area contributed by atoms with E-state index in [2.05, 4.69) is 211 Å². The van der Waals surface area contributed by atoms with Gasteiger partial charge in [0.1, 0.15) is 23.0 Å². The number of hydrogen-bond donors (Lipinski definition) is 0. The van der Waals surface area contributed by atoms with Gasteiger partial charge >= 0.3 is 0 Å². The molecule has 5 heteroatoms. The number of anilines is 3. The molecule has 4 aliphatic heterocycles. The van der Waals surface area contributed by atoms with E-state index in [0.29, 0.717) is 0 Å². The molecule has 59 heavy (non-hydrogen) atoms. The summed E-state index contributed by atoms with van der Waals surface area (Å²) in [5.74, 6) is 3.50. The highest BCUT2D eigenvalue weighted by Gasteiger charge is 2.56. The lowest BCUT2D eigenvalue weighted by Gasteiger charge is -2.35. The smallest absolute Gasteiger partial charge is 0.260 e. The van der Waals surface area contributed by atoms with E-state index in [4.69, 9.17) is 9.47 Å². The first kappa shape index (κ1) is 32.7. The second-order valence-corrected chi connectivity index (χ2v) is 19.5. The highest BCUT2D eigenvalue weighted by atomic mass is 28.3. The summed E-state index contributed by atoms with van der Waals surface area (Å²) in [7, 11) is -3.05. The fraction of sp³-hybridized carbons (Fsp3) is 0. The minimum absolute atomic E-state index is 0.0218. The first-order valence-corrected chi connectivity index (χ1v) is 22.4. The number of ether oxygens (including phenoxy) is 2. The minimum Gasteiger partial charge on any atom is -0.458 e. The van der Waals surface area contributed by atoms with Crippen molar-refractivity contribution in [2.24, 2.45) is 0 Å². The van der Waals surface area contributed by atoms with Crippen LogP contribution in [0.5, 0.6) is 23.0 Å². The summed E-state index contributed by atoms with van der Waals surface area (Å²) < 4.78 is 13.8. The van der Waals surface area contributed by atoms with Crippen molar-refractivity contribution in [1.82, 2.24) is 0 Å². The van der Waals surface area contributed by atoms with E-state index in [1.807, 2.05) is 0 Å². The molecule has 0 saturated heterocycles. The molecule has 0 bridgehead atoms. The zero-order valence-electron chi connectivity index (χ0n) is 32.0. The van der Waals surface area contributed by atoms with Gasteiger partial charge in [0, 0.05) is 22.5 Å². The Morgan fingerprint density at radius 3 is 1.42 bits per heavy atom. The third-order valence-electron chi connectivity index (χ3n) is 13.0. The normalized spacial score (nSPS) is 15.4. The molecule has 9 aromatic carbocycles. The Balaban J connectivity index is 1.12. The predicted octanol–water partition coefficient (Wildman–Crippen LogP) is 8.89. The minimum atomic E-state index is -3.05. The van der Waals surface area contributed by atoms with E-state index < -0.39 is 8.07 Å². The predicted molar refractivity (Wildman–Crippen MR) is 246 cm³/mol. The summed E-state index contributed by atoms with van der Waals surface area (Å²) in [6, 6.07) is 75.5. The molecular weight excluding hydrogens is 733 g/mol. The summed E-state index contributed by atoms with van der Waals surface area (Å²) in [6.45, 7) is 0.0218. The summed E-state index contributed by atoms with van der Waals surface area (Å²) >= 11 is 0. The van der Waals surface area contributed by atoms with Crippen LogP contribution in [0.1, 0.15) is 0 Å². The first-order chi connectivity index (χ1) is 29.3. The van der Waals surface area contributed by atoms with Crippen LogP contribution in [0.4, 0.5) is 17.1 Å². The van der Waals surface area contributed by atoms with E-state index in [0.717, 1.165) is 45.4 Å². The molecule has 1 unspecified atom stereocenters. The maximum Gasteiger partial charge on any atom is 0.260 e. The second kappa shape index (κ2) is 12.3. The molecule has 0 radical (unpaired) electrons. The molecule has 0 saturated carbocycles. The highest BCUT2D eigenvalue weighted by molar-refractivity contribution is 7.25. The van der Waals surface area contributed by atoms with Gasteiger partial charge in [-0.1, -0.05) is 152 Å². The fourth-order valence-corrected chi connectivity index (χ4v) is 16.8. The molecule has 13 rings (SSSR count). The van der Waals surface area contributed by atoms with Crippen molar-refractivity contribution in [3.63, 3.8) is 0 Å². The third kappa shape index (κ3) is 4.42. The second-order valence-electron chi connectivity index (χ2n) is 15.9. The van der Waals surface area contributed by atoms with E-state index in [1.165, 1.54) is 65.2 Å². The van der Waals surface area contributed by atoms with Crippen LogP contribution >= 0.6 is 0 Å². The van der Waals surface area contributed by atoms with Crippen molar-refractivity contribution >= 4 is 69.0 Å². The Morgan fingerprint density at radius 2 is 0.831 bits per heavy atom. The van der Waals surface area contributed by atoms with Crippen LogP contribution in [0.2, 0.25) is 0 Å². The van der Waals surface area contributed by atoms with Crippen LogP contribution < -0.4 is 51.5 Å². The van der Waals surface area contributed by atoms with Gasteiger partial charge in [0.15, 0.2) is 8.07 Å². The van der Waals surface area contributed by atoms with Gasteiger partial charge in [0.05, 0.1) is 0 Å². The van der Waals surface area contributed by atoms with Crippen LogP contribution in [0.15, 0.2) is 206 Å². The lowest BCUT2D eigenvalue weighted by Crippen LogP contribution is -2.71. The molecule has 4 heterocycles. The van der Waals surface area contributed by atoms with E-state index in [1.54, 1.807) is 0 Å². The number of benzene rings is 9. The molecule has 9 aromatic rings. The molecule has 4 aliphatic rings. The van der Waals surface area contributed by atoms with Crippen molar-refractivity contribution < 1.29 is 9.47 Å². The first-order valence-electron chi connectivity index (χ1n) is 20.4. The Hall–Kier alpha value is -7.34. The standard InChI is InChI=1S/C54H34BNO2Si/c1-3-17-36(18-4-1)56(37-19-5-2-6-20-37)45-28-16-25-42-40-22-8-14-32-51(40)59(54(42)45)50-31-13-7-21-39(50)41-24-15-23-38(53(41)59)35-33-48-52-49(34-35)58-47-30-12-10-27-44(47)55(52)43-26-9-11-29-46(43)57-48/h1-34H. The van der Waals surface area contributed by atoms with Gasteiger partial charge in [0.25, 0.3) is 6.71 Å². The number of fused-ring (bicyclic) bond motifs is 14. The Bertz CT molecular complexity index is 3080. The molecule has 3 nitrogen and oxygen atoms in total. The van der Waals surface area contributed by atoms with Crippen LogP contribution in [-0.4, -0.2) is 14.8 Å². The van der Waals surface area contributed by atoms with Gasteiger partial charge in [-0.25, -0.2) is 0 Å². The Morgan fingerprint density at radius 1 is 0.373 bits per heavy atom. The van der Waals surface area contributed by atoms with Gasteiger partial charge < -0.3 is 14.4 Å². The lowest BCUT2D eigenvalue weighted by atomic mass is 9.35. The monoisotopic (exact) mass is 767 g/mol. The van der Waals surface area contributed by atoms with Crippen molar-refractivity contribution in [2.45, 2.75) is 0 Å². The highest BCUT2D eigenvalue weighted by Crippen LogP contribution is 2.45. The van der Waals surface area contributed by atoms with Gasteiger partial charge in [-0.15, -0.1) is 0 Å². The largest absolute Gasteiger partial charge is 0.458 e. The molecule has 0 aromatic heterocycles. The Labute approximate surface area is 344 Å². The summed E-state index contributed by atoms with van der Waals surface area (Å²) in [6.07, 6.45) is 0. The molecule has 1 spiro atoms. The SMILES string of the molecule is c1ccc(N(c2ccccc2)c2cccc3c2[Si]2(c4ccccc4-c4cccc(-c5cc6c7c(c5)Oc5ccccc5B7c5ccccc5O6)c42)c2ccccc2-3)cc1. The van der Waals surface area contributed by atoms with Crippen LogP contribution in [0.25, 0.3) is 33.4 Å². The van der Waals surface area contributed by atoms with Gasteiger partial charge in [-0.3, -0.25) is 0 Å². The van der Waals surface area contributed by atoms with Crippen molar-refractivity contribution in [3.8, 4) is 56.4 Å². The van der Waals surface area contributed by atoms with Crippen LogP contribution in [-0.2, 0) is 0 Å². The van der Waals surface area contributed by atoms with Crippen LogP contribution in [0, 0.1) is 0 Å². The molecular formula is C54H34BNO2Si. The fourth-order valence-electron chi connectivity index (χ4n) is 10.8. The van der Waals surface area contributed by atoms with Gasteiger partial charge in [-0.05, 0) is 120 Å². The maximum atomic E-state index is 6.89. The molecule has 1 atom stereocenters. The molecule has 274 valence electrons. The number of rotatable bonds is 4. The van der Waals surface area contributed by atoms with Crippen molar-refractivity contribution in [1.29, 1.82) is 0 Å². The van der Waals surface area contributed by atoms with E-state index in [9.17, 15) is 0 Å². The van der Waals surface area contributed by atoms with E-state index >= 15 is 0 Å². The van der Waals surface area contributed by atoms with Crippen LogP contribution in [0.3, 0.4) is 0 Å². The summed E-state index contributed by atoms with van der Waals surface area (Å²) in [5, 5.41) is 5.69. The zero-order chi connectivity index (χ0) is 38.7. The number of para-hydroxylation sites is 4. The van der Waals surface area contributed by atoms with Crippen molar-refractivity contribution in [3.05, 3.63) is 206 Å². The maximum absolute atomic E-state index is 6.89. The molecule has 0 N–H and O–H groups in total. The summed E-state index contributed by atoms with van der Waals surface area (Å²) in [4.78, 5) is 2.47. The Kier molecular flexibility index (Phi) is 6.84. The average molecular weight is 768 g/mol. The van der Waals surface area contributed by atoms with Crippen molar-refractivity contribution in [2.75, 3.05) is 4.90 Å². The topological polar surface area (TPSA) is 21.7 Å². The molecule has 0 fully saturated rings. The van der Waals surface area contributed by atoms with Gasteiger partial charge in [0.2, 0.25) is 0 Å². The average Bonchev–Trinajstić information content (AvgIpc) is 3.77.